The molecule has 0 bridgehead atoms. The second-order valence-electron chi connectivity index (χ2n) is 3.20. The van der Waals surface area contributed by atoms with Gasteiger partial charge < -0.3 is 4.74 Å². The molecule has 1 aliphatic rings. The third-order valence-corrected chi connectivity index (χ3v) is 2.06. The van der Waals surface area contributed by atoms with E-state index in [1.54, 1.807) is 0 Å². The smallest absolute Gasteiger partial charge is 0.200 e. The number of halogens is 2. The summed E-state index contributed by atoms with van der Waals surface area (Å²) in [6, 6.07) is 3.65. The zero-order valence-corrected chi connectivity index (χ0v) is 7.34. The van der Waals surface area contributed by atoms with E-state index in [0.717, 1.165) is 6.07 Å². The Morgan fingerprint density at radius 1 is 1.50 bits per heavy atom. The number of likely N-dealkylation sites (N-methyl/N-ethyl adjacent to an activating group) is 1. The van der Waals surface area contributed by atoms with Gasteiger partial charge in [0, 0.05) is 17.2 Å². The number of hydrogen-bond acceptors (Lipinski definition) is 2. The first-order valence-corrected chi connectivity index (χ1v) is 4.23. The topological polar surface area (TPSA) is 12.5 Å². The molecule has 0 amide bonds. The SMILES string of the molecule is [2H]C([2H])([2H])N1CC(Oc2cccc(F)c2F)C1. The highest BCUT2D eigenvalue weighted by Crippen LogP contribution is 2.22. The molecular weight excluding hydrogens is 188 g/mol. The van der Waals surface area contributed by atoms with Crippen molar-refractivity contribution in [3.63, 3.8) is 0 Å². The number of hydrogen-bond donors (Lipinski definition) is 0. The first-order valence-electron chi connectivity index (χ1n) is 5.73. The number of likely N-dealkylation sites (tertiary alicyclic amines) is 1. The molecule has 2 rings (SSSR count). The van der Waals surface area contributed by atoms with Crippen LogP contribution in [0, 0.1) is 11.6 Å². The molecule has 0 saturated carbocycles. The molecule has 0 radical (unpaired) electrons. The molecule has 1 aromatic rings. The van der Waals surface area contributed by atoms with E-state index in [4.69, 9.17) is 8.85 Å². The molecule has 1 fully saturated rings. The van der Waals surface area contributed by atoms with E-state index in [1.807, 2.05) is 0 Å². The third kappa shape index (κ3) is 1.70. The maximum Gasteiger partial charge on any atom is 0.200 e. The second kappa shape index (κ2) is 3.53. The molecule has 0 spiro atoms. The monoisotopic (exact) mass is 202 g/mol. The molecule has 1 saturated heterocycles. The van der Waals surface area contributed by atoms with Gasteiger partial charge in [-0.25, -0.2) is 4.39 Å². The lowest BCUT2D eigenvalue weighted by molar-refractivity contribution is 0.0356. The van der Waals surface area contributed by atoms with Crippen molar-refractivity contribution in [2.24, 2.45) is 0 Å². The molecule has 0 atom stereocenters. The summed E-state index contributed by atoms with van der Waals surface area (Å²) in [4.78, 5) is 1.23. The summed E-state index contributed by atoms with van der Waals surface area (Å²) in [6.07, 6.45) is -0.410. The van der Waals surface area contributed by atoms with E-state index in [-0.39, 0.29) is 18.8 Å². The highest BCUT2D eigenvalue weighted by molar-refractivity contribution is 5.25. The second-order valence-corrected chi connectivity index (χ2v) is 3.20. The predicted octanol–water partition coefficient (Wildman–Crippen LogP) is 1.66. The zero-order chi connectivity index (χ0) is 12.6. The lowest BCUT2D eigenvalue weighted by Gasteiger charge is -2.35. The van der Waals surface area contributed by atoms with Gasteiger partial charge in [0.05, 0.1) is 0 Å². The Morgan fingerprint density at radius 2 is 2.29 bits per heavy atom. The first kappa shape index (κ1) is 6.35. The number of benzene rings is 1. The summed E-state index contributed by atoms with van der Waals surface area (Å²) in [7, 11) is 0. The van der Waals surface area contributed by atoms with E-state index >= 15 is 0 Å². The third-order valence-electron chi connectivity index (χ3n) is 2.06. The van der Waals surface area contributed by atoms with Crippen LogP contribution in [0.4, 0.5) is 8.78 Å². The Morgan fingerprint density at radius 3 is 3.00 bits per heavy atom. The summed E-state index contributed by atoms with van der Waals surface area (Å²) in [5, 5.41) is 0. The largest absolute Gasteiger partial charge is 0.485 e. The fourth-order valence-corrected chi connectivity index (χ4v) is 1.27. The molecule has 0 aromatic heterocycles. The van der Waals surface area contributed by atoms with Gasteiger partial charge in [-0.1, -0.05) is 6.07 Å². The first-order chi connectivity index (χ1) is 7.88. The van der Waals surface area contributed by atoms with Crippen molar-refractivity contribution in [1.82, 2.24) is 4.90 Å². The Hall–Kier alpha value is -1.16. The minimum atomic E-state index is -2.15. The lowest BCUT2D eigenvalue weighted by atomic mass is 10.2. The maximum atomic E-state index is 13.2. The molecule has 1 aliphatic heterocycles. The zero-order valence-electron chi connectivity index (χ0n) is 10.3. The molecule has 2 nitrogen and oxygen atoms in total. The van der Waals surface area contributed by atoms with E-state index in [1.165, 1.54) is 17.0 Å². The Labute approximate surface area is 85.3 Å². The highest BCUT2D eigenvalue weighted by Gasteiger charge is 2.26. The molecule has 0 unspecified atom stereocenters. The quantitative estimate of drug-likeness (QED) is 0.723. The molecule has 1 aromatic carbocycles. The summed E-state index contributed by atoms with van der Waals surface area (Å²) in [6.45, 7) is -1.78. The normalized spacial score (nSPS) is 22.0. The summed E-state index contributed by atoms with van der Waals surface area (Å²) in [5.74, 6) is -2.20. The van der Waals surface area contributed by atoms with Crippen molar-refractivity contribution in [2.45, 2.75) is 6.10 Å². The van der Waals surface area contributed by atoms with E-state index in [2.05, 4.69) is 0 Å². The Balaban J connectivity index is 1.94. The maximum absolute atomic E-state index is 13.2. The molecule has 0 N–H and O–H groups in total. The lowest BCUT2D eigenvalue weighted by Crippen LogP contribution is -2.51. The van der Waals surface area contributed by atoms with Crippen LogP contribution in [0.1, 0.15) is 4.11 Å². The van der Waals surface area contributed by atoms with Crippen LogP contribution in [0.5, 0.6) is 5.75 Å². The minimum Gasteiger partial charge on any atom is -0.485 e. The summed E-state index contributed by atoms with van der Waals surface area (Å²) < 4.78 is 52.6. The average molecular weight is 202 g/mol. The molecule has 76 valence electrons. The average Bonchev–Trinajstić information content (AvgIpc) is 2.15. The molecule has 1 heterocycles. The van der Waals surface area contributed by atoms with Crippen molar-refractivity contribution in [3.05, 3.63) is 29.8 Å². The standard InChI is InChI=1S/C10H11F2NO/c1-13-5-7(6-13)14-9-4-2-3-8(11)10(9)12/h2-4,7H,5-6H2,1H3/i1D3. The van der Waals surface area contributed by atoms with Crippen molar-refractivity contribution >= 4 is 0 Å². The number of nitrogens with zero attached hydrogens (tertiary/aromatic N) is 1. The van der Waals surface area contributed by atoms with Crippen molar-refractivity contribution in [1.29, 1.82) is 0 Å². The van der Waals surface area contributed by atoms with Gasteiger partial charge in [-0.05, 0) is 19.1 Å². The van der Waals surface area contributed by atoms with Gasteiger partial charge in [-0.2, -0.15) is 4.39 Å². The van der Waals surface area contributed by atoms with Crippen molar-refractivity contribution in [3.8, 4) is 5.75 Å². The van der Waals surface area contributed by atoms with E-state index in [9.17, 15) is 8.78 Å². The Bertz CT molecular complexity index is 419. The van der Waals surface area contributed by atoms with Crippen LogP contribution in [0.3, 0.4) is 0 Å². The van der Waals surface area contributed by atoms with Crippen LogP contribution < -0.4 is 4.74 Å². The van der Waals surface area contributed by atoms with Crippen LogP contribution >= 0.6 is 0 Å². The van der Waals surface area contributed by atoms with Crippen molar-refractivity contribution in [2.75, 3.05) is 20.1 Å². The number of ether oxygens (including phenoxy) is 1. The molecule has 14 heavy (non-hydrogen) atoms. The molecular formula is C10H11F2NO. The minimum absolute atomic E-state index is 0.180. The van der Waals surface area contributed by atoms with Gasteiger partial charge in [0.1, 0.15) is 6.10 Å². The van der Waals surface area contributed by atoms with E-state index < -0.39 is 24.7 Å². The van der Waals surface area contributed by atoms with Crippen LogP contribution in [-0.4, -0.2) is 31.1 Å². The van der Waals surface area contributed by atoms with Crippen molar-refractivity contribution < 1.29 is 17.6 Å². The summed E-state index contributed by atoms with van der Waals surface area (Å²) >= 11 is 0. The van der Waals surface area contributed by atoms with Crippen LogP contribution in [0.2, 0.25) is 0 Å². The van der Waals surface area contributed by atoms with Gasteiger partial charge in [0.2, 0.25) is 5.82 Å². The van der Waals surface area contributed by atoms with E-state index in [0.29, 0.717) is 0 Å². The molecule has 0 aliphatic carbocycles. The molecule has 4 heteroatoms. The van der Waals surface area contributed by atoms with Gasteiger partial charge in [-0.3, -0.25) is 4.90 Å². The van der Waals surface area contributed by atoms with Crippen LogP contribution in [-0.2, 0) is 0 Å². The van der Waals surface area contributed by atoms with Crippen LogP contribution in [0.25, 0.3) is 0 Å². The summed E-state index contributed by atoms with van der Waals surface area (Å²) in [5.41, 5.74) is 0. The number of rotatable bonds is 2. The fraction of sp³-hybridized carbons (Fsp3) is 0.400. The highest BCUT2D eigenvalue weighted by atomic mass is 19.2. The Kier molecular flexibility index (Phi) is 1.60. The van der Waals surface area contributed by atoms with Gasteiger partial charge in [0.15, 0.2) is 11.6 Å². The fourth-order valence-electron chi connectivity index (χ4n) is 1.27. The van der Waals surface area contributed by atoms with Crippen LogP contribution in [0.15, 0.2) is 18.2 Å². The van der Waals surface area contributed by atoms with Gasteiger partial charge in [-0.15, -0.1) is 0 Å². The van der Waals surface area contributed by atoms with Gasteiger partial charge in [0.25, 0.3) is 0 Å². The predicted molar refractivity (Wildman–Crippen MR) is 48.3 cm³/mol. The van der Waals surface area contributed by atoms with Gasteiger partial charge >= 0.3 is 0 Å².